The van der Waals surface area contributed by atoms with Crippen molar-refractivity contribution in [3.05, 3.63) is 83.1 Å². The maximum atomic E-state index is 14.2. The van der Waals surface area contributed by atoms with E-state index in [1.807, 2.05) is 24.3 Å². The van der Waals surface area contributed by atoms with Gasteiger partial charge < -0.3 is 19.1 Å². The minimum atomic E-state index is -0.952. The standard InChI is InChI=1S/C31H30FN5O4S/c32-25-14-20(16-33)4-7-28(25)42-19-22-2-1-3-30(34-22)41-23-8-11-36(12-9-23)18-29-35-26-6-5-21(31(38)39)15-27(26)37(29)17-24-10-13-40-24/h1-7,14-15,23-24H,8-13,17-19H2,(H,38,39)/t24-/m0/s1. The number of piperidine rings is 1. The third kappa shape index (κ3) is 6.41. The first-order valence-electron chi connectivity index (χ1n) is 14.0. The van der Waals surface area contributed by atoms with Crippen LogP contribution in [0, 0.1) is 17.1 Å². The Hall–Kier alpha value is -3.98. The second-order valence-electron chi connectivity index (χ2n) is 10.5. The fourth-order valence-corrected chi connectivity index (χ4v) is 6.09. The van der Waals surface area contributed by atoms with E-state index in [1.165, 1.54) is 17.8 Å². The van der Waals surface area contributed by atoms with Crippen molar-refractivity contribution in [3.8, 4) is 11.9 Å². The van der Waals surface area contributed by atoms with Crippen LogP contribution in [0.1, 0.15) is 46.7 Å². The van der Waals surface area contributed by atoms with Crippen LogP contribution in [-0.4, -0.2) is 62.4 Å². The van der Waals surface area contributed by atoms with Gasteiger partial charge in [0.25, 0.3) is 0 Å². The molecule has 2 aliphatic rings. The second-order valence-corrected chi connectivity index (χ2v) is 11.6. The largest absolute Gasteiger partial charge is 0.478 e. The molecule has 0 saturated carbocycles. The summed E-state index contributed by atoms with van der Waals surface area (Å²) in [4.78, 5) is 23.9. The third-order valence-electron chi connectivity index (χ3n) is 7.66. The van der Waals surface area contributed by atoms with Gasteiger partial charge in [-0.15, -0.1) is 11.8 Å². The number of halogens is 1. The van der Waals surface area contributed by atoms with Crippen LogP contribution in [0.2, 0.25) is 0 Å². The molecule has 2 aromatic carbocycles. The van der Waals surface area contributed by atoms with Gasteiger partial charge in [-0.2, -0.15) is 5.26 Å². The van der Waals surface area contributed by atoms with Gasteiger partial charge in [-0.1, -0.05) is 6.07 Å². The molecule has 1 atom stereocenters. The van der Waals surface area contributed by atoms with E-state index in [4.69, 9.17) is 19.7 Å². The average molecular weight is 588 g/mol. The number of carboxylic acids is 1. The Morgan fingerprint density at radius 2 is 1.98 bits per heavy atom. The maximum absolute atomic E-state index is 14.2. The molecular weight excluding hydrogens is 557 g/mol. The normalized spacial score (nSPS) is 17.6. The Bertz CT molecular complexity index is 1640. The number of rotatable bonds is 10. The van der Waals surface area contributed by atoms with E-state index in [1.54, 1.807) is 30.3 Å². The van der Waals surface area contributed by atoms with E-state index < -0.39 is 11.8 Å². The lowest BCUT2D eigenvalue weighted by atomic mass is 10.1. The Balaban J connectivity index is 1.06. The van der Waals surface area contributed by atoms with Gasteiger partial charge >= 0.3 is 5.97 Å². The number of ether oxygens (including phenoxy) is 2. The van der Waals surface area contributed by atoms with E-state index >= 15 is 0 Å². The molecule has 2 fully saturated rings. The predicted octanol–water partition coefficient (Wildman–Crippen LogP) is 5.26. The molecule has 0 amide bonds. The van der Waals surface area contributed by atoms with Crippen LogP contribution in [0.5, 0.6) is 5.88 Å². The minimum Gasteiger partial charge on any atom is -0.478 e. The summed E-state index contributed by atoms with van der Waals surface area (Å²) < 4.78 is 28.3. The number of nitrogens with zero attached hydrogens (tertiary/aromatic N) is 5. The minimum absolute atomic E-state index is 0.0351. The molecule has 42 heavy (non-hydrogen) atoms. The van der Waals surface area contributed by atoms with Gasteiger partial charge in [0.15, 0.2) is 0 Å². The molecule has 0 radical (unpaired) electrons. The van der Waals surface area contributed by atoms with Gasteiger partial charge in [0.1, 0.15) is 17.7 Å². The lowest BCUT2D eigenvalue weighted by Gasteiger charge is -2.32. The molecule has 4 heterocycles. The van der Waals surface area contributed by atoms with Crippen molar-refractivity contribution in [2.75, 3.05) is 19.7 Å². The number of carbonyl (C=O) groups is 1. The van der Waals surface area contributed by atoms with Crippen molar-refractivity contribution >= 4 is 28.8 Å². The number of aromatic carboxylic acids is 1. The number of nitriles is 1. The number of pyridine rings is 1. The predicted molar refractivity (Wildman–Crippen MR) is 155 cm³/mol. The number of aromatic nitrogens is 3. The Kier molecular flexibility index (Phi) is 8.37. The monoisotopic (exact) mass is 587 g/mol. The molecule has 2 aliphatic heterocycles. The summed E-state index contributed by atoms with van der Waals surface area (Å²) in [7, 11) is 0. The molecule has 216 valence electrons. The molecule has 2 saturated heterocycles. The van der Waals surface area contributed by atoms with Crippen molar-refractivity contribution in [3.63, 3.8) is 0 Å². The van der Waals surface area contributed by atoms with Gasteiger partial charge in [-0.3, -0.25) is 4.90 Å². The fraction of sp³-hybridized carbons (Fsp3) is 0.355. The summed E-state index contributed by atoms with van der Waals surface area (Å²) in [5, 5.41) is 18.4. The van der Waals surface area contributed by atoms with E-state index in [-0.39, 0.29) is 17.8 Å². The first kappa shape index (κ1) is 28.2. The number of hydrogen-bond acceptors (Lipinski definition) is 8. The van der Waals surface area contributed by atoms with Crippen LogP contribution < -0.4 is 4.74 Å². The molecule has 6 rings (SSSR count). The molecule has 4 aromatic rings. The van der Waals surface area contributed by atoms with Crippen LogP contribution in [-0.2, 0) is 23.6 Å². The zero-order chi connectivity index (χ0) is 29.1. The van der Waals surface area contributed by atoms with Gasteiger partial charge in [-0.05, 0) is 61.7 Å². The number of hydrogen-bond donors (Lipinski definition) is 1. The quantitative estimate of drug-likeness (QED) is 0.248. The van der Waals surface area contributed by atoms with Crippen molar-refractivity contribution < 1.29 is 23.8 Å². The number of imidazole rings is 1. The number of fused-ring (bicyclic) bond motifs is 1. The number of benzene rings is 2. The number of likely N-dealkylation sites (tertiary alicyclic amines) is 1. The Morgan fingerprint density at radius 3 is 2.69 bits per heavy atom. The van der Waals surface area contributed by atoms with Crippen LogP contribution >= 0.6 is 11.8 Å². The number of carboxylic acid groups (broad SMARTS) is 1. The van der Waals surface area contributed by atoms with Crippen molar-refractivity contribution in [2.45, 2.75) is 55.2 Å². The van der Waals surface area contributed by atoms with E-state index in [0.717, 1.165) is 61.5 Å². The summed E-state index contributed by atoms with van der Waals surface area (Å²) in [5.74, 6) is 0.595. The summed E-state index contributed by atoms with van der Waals surface area (Å²) in [6, 6.07) is 17.1. The Morgan fingerprint density at radius 1 is 1.14 bits per heavy atom. The molecule has 0 unspecified atom stereocenters. The zero-order valence-electron chi connectivity index (χ0n) is 22.9. The van der Waals surface area contributed by atoms with Crippen LogP contribution in [0.15, 0.2) is 59.5 Å². The van der Waals surface area contributed by atoms with E-state index in [9.17, 15) is 14.3 Å². The van der Waals surface area contributed by atoms with Gasteiger partial charge in [0.05, 0.1) is 53.1 Å². The van der Waals surface area contributed by atoms with Gasteiger partial charge in [0, 0.05) is 36.4 Å². The fourth-order valence-electron chi connectivity index (χ4n) is 5.26. The topological polar surface area (TPSA) is 114 Å². The lowest BCUT2D eigenvalue weighted by Crippen LogP contribution is -2.39. The molecular formula is C31H30FN5O4S. The van der Waals surface area contributed by atoms with Crippen LogP contribution in [0.25, 0.3) is 11.0 Å². The summed E-state index contributed by atoms with van der Waals surface area (Å²) >= 11 is 1.33. The SMILES string of the molecule is N#Cc1ccc(SCc2cccc(OC3CCN(Cc4nc5ccc(C(=O)O)cc5n4C[C@@H]4CCO4)CC3)n2)c(F)c1. The highest BCUT2D eigenvalue weighted by molar-refractivity contribution is 7.98. The first-order valence-corrected chi connectivity index (χ1v) is 14.9. The van der Waals surface area contributed by atoms with E-state index in [0.29, 0.717) is 35.2 Å². The number of thioether (sulfide) groups is 1. The molecule has 11 heteroatoms. The summed E-state index contributed by atoms with van der Waals surface area (Å²) in [6.07, 6.45) is 2.82. The average Bonchev–Trinajstić information content (AvgIpc) is 3.31. The van der Waals surface area contributed by atoms with Crippen LogP contribution in [0.3, 0.4) is 0 Å². The van der Waals surface area contributed by atoms with Gasteiger partial charge in [-0.25, -0.2) is 19.2 Å². The lowest BCUT2D eigenvalue weighted by molar-refractivity contribution is -0.0592. The van der Waals surface area contributed by atoms with Crippen molar-refractivity contribution in [2.24, 2.45) is 0 Å². The highest BCUT2D eigenvalue weighted by atomic mass is 32.2. The molecule has 1 N–H and O–H groups in total. The third-order valence-corrected chi connectivity index (χ3v) is 8.74. The molecule has 0 bridgehead atoms. The molecule has 9 nitrogen and oxygen atoms in total. The first-order chi connectivity index (χ1) is 20.4. The van der Waals surface area contributed by atoms with E-state index in [2.05, 4.69) is 14.5 Å². The molecule has 0 spiro atoms. The molecule has 2 aromatic heterocycles. The Labute approximate surface area is 246 Å². The highest BCUT2D eigenvalue weighted by Gasteiger charge is 2.26. The van der Waals surface area contributed by atoms with Gasteiger partial charge in [0.2, 0.25) is 5.88 Å². The molecule has 0 aliphatic carbocycles. The highest BCUT2D eigenvalue weighted by Crippen LogP contribution is 2.28. The summed E-state index contributed by atoms with van der Waals surface area (Å²) in [5.41, 5.74) is 2.95. The van der Waals surface area contributed by atoms with Crippen molar-refractivity contribution in [1.82, 2.24) is 19.4 Å². The van der Waals surface area contributed by atoms with Crippen molar-refractivity contribution in [1.29, 1.82) is 5.26 Å². The van der Waals surface area contributed by atoms with Crippen LogP contribution in [0.4, 0.5) is 4.39 Å². The maximum Gasteiger partial charge on any atom is 0.335 e. The zero-order valence-corrected chi connectivity index (χ0v) is 23.7. The summed E-state index contributed by atoms with van der Waals surface area (Å²) in [6.45, 7) is 3.75. The smallest absolute Gasteiger partial charge is 0.335 e. The second kappa shape index (κ2) is 12.5.